The van der Waals surface area contributed by atoms with Gasteiger partial charge in [-0.3, -0.25) is 10.1 Å². The van der Waals surface area contributed by atoms with Gasteiger partial charge in [-0.1, -0.05) is 78.9 Å². The van der Waals surface area contributed by atoms with Crippen molar-refractivity contribution < 1.29 is 9.53 Å². The van der Waals surface area contributed by atoms with Gasteiger partial charge in [-0.05, 0) is 29.3 Å². The van der Waals surface area contributed by atoms with Crippen molar-refractivity contribution in [3.63, 3.8) is 0 Å². The summed E-state index contributed by atoms with van der Waals surface area (Å²) in [6, 6.07) is 29.1. The Morgan fingerprint density at radius 3 is 2.31 bits per heavy atom. The molecule has 1 amide bonds. The number of benzene rings is 3. The fraction of sp³-hybridized carbons (Fsp3) is 0.0800. The third kappa shape index (κ3) is 4.22. The van der Waals surface area contributed by atoms with Crippen molar-refractivity contribution in [2.75, 3.05) is 17.2 Å². The van der Waals surface area contributed by atoms with Gasteiger partial charge in [0.15, 0.2) is 6.61 Å². The molecule has 0 spiro atoms. The molecule has 0 fully saturated rings. The second kappa shape index (κ2) is 8.77. The number of nitrogens with zero attached hydrogens (tertiary/aromatic N) is 3. The lowest BCUT2D eigenvalue weighted by molar-refractivity contribution is -0.118. The highest BCUT2D eigenvalue weighted by Gasteiger charge is 2.25. The number of carbonyl (C=O) groups excluding carboxylic acids is 1. The van der Waals surface area contributed by atoms with Gasteiger partial charge < -0.3 is 10.1 Å². The molecule has 1 aliphatic heterocycles. The van der Waals surface area contributed by atoms with Crippen LogP contribution in [0.25, 0.3) is 5.70 Å². The fourth-order valence-corrected chi connectivity index (χ4v) is 3.55. The monoisotopic (exact) mass is 423 g/mol. The molecule has 0 aliphatic carbocycles. The normalized spacial score (nSPS) is 14.6. The molecule has 7 nitrogen and oxygen atoms in total. The standard InChI is InChI=1S/C25H21N5O2/c31-23(17-32-20-14-8-3-9-15-20)27-24-28-25-26-21(18-10-4-1-5-11-18)16-22(30(25)29-24)19-12-6-2-7-13-19/h1-16,22H,17H2,(H2,26,27,28,29,31). The van der Waals surface area contributed by atoms with Crippen molar-refractivity contribution in [3.05, 3.63) is 108 Å². The number of nitrogens with one attached hydrogen (secondary N) is 2. The maximum atomic E-state index is 12.4. The summed E-state index contributed by atoms with van der Waals surface area (Å²) in [5.41, 5.74) is 3.05. The third-order valence-corrected chi connectivity index (χ3v) is 5.06. The highest BCUT2D eigenvalue weighted by atomic mass is 16.5. The summed E-state index contributed by atoms with van der Waals surface area (Å²) in [6.45, 7) is -0.128. The summed E-state index contributed by atoms with van der Waals surface area (Å²) in [4.78, 5) is 16.9. The number of hydrogen-bond donors (Lipinski definition) is 2. The molecule has 0 radical (unpaired) electrons. The SMILES string of the molecule is O=C(COc1ccccc1)Nc1nc2n(n1)C(c1ccccc1)C=C(c1ccccc1)N2. The Labute approximate surface area is 185 Å². The van der Waals surface area contributed by atoms with E-state index in [1.807, 2.05) is 78.9 Å². The van der Waals surface area contributed by atoms with E-state index in [1.54, 1.807) is 16.8 Å². The number of hydrogen-bond acceptors (Lipinski definition) is 5. The number of ether oxygens (including phenoxy) is 1. The molecule has 3 aromatic carbocycles. The van der Waals surface area contributed by atoms with Gasteiger partial charge in [-0.15, -0.1) is 5.10 Å². The second-order valence-electron chi connectivity index (χ2n) is 7.28. The molecule has 4 aromatic rings. The van der Waals surface area contributed by atoms with Gasteiger partial charge in [0.05, 0.1) is 0 Å². The Morgan fingerprint density at radius 2 is 1.59 bits per heavy atom. The topological polar surface area (TPSA) is 81.1 Å². The van der Waals surface area contributed by atoms with Crippen molar-refractivity contribution >= 4 is 23.5 Å². The second-order valence-corrected chi connectivity index (χ2v) is 7.28. The first kappa shape index (κ1) is 19.6. The van der Waals surface area contributed by atoms with Crippen LogP contribution in [-0.2, 0) is 4.79 Å². The molecule has 1 aromatic heterocycles. The van der Waals surface area contributed by atoms with Gasteiger partial charge in [0, 0.05) is 5.70 Å². The Morgan fingerprint density at radius 1 is 0.938 bits per heavy atom. The highest BCUT2D eigenvalue weighted by molar-refractivity contribution is 5.90. The van der Waals surface area contributed by atoms with Crippen molar-refractivity contribution in [2.24, 2.45) is 0 Å². The molecule has 0 bridgehead atoms. The summed E-state index contributed by atoms with van der Waals surface area (Å²) >= 11 is 0. The average Bonchev–Trinajstić information content (AvgIpc) is 3.26. The molecule has 5 rings (SSSR count). The predicted molar refractivity (Wildman–Crippen MR) is 123 cm³/mol. The molecular formula is C25H21N5O2. The van der Waals surface area contributed by atoms with Crippen LogP contribution in [0.5, 0.6) is 5.75 Å². The molecule has 1 aliphatic rings. The Bertz CT molecular complexity index is 1240. The minimum Gasteiger partial charge on any atom is -0.484 e. The maximum absolute atomic E-state index is 12.4. The summed E-state index contributed by atoms with van der Waals surface area (Å²) < 4.78 is 7.28. The van der Waals surface area contributed by atoms with E-state index in [1.165, 1.54) is 0 Å². The third-order valence-electron chi connectivity index (χ3n) is 5.06. The number of rotatable bonds is 6. The predicted octanol–water partition coefficient (Wildman–Crippen LogP) is 4.35. The smallest absolute Gasteiger partial charge is 0.264 e. The number of aromatic nitrogens is 3. The van der Waals surface area contributed by atoms with Crippen LogP contribution in [0.2, 0.25) is 0 Å². The molecule has 2 N–H and O–H groups in total. The lowest BCUT2D eigenvalue weighted by Crippen LogP contribution is -2.21. The molecule has 1 unspecified atom stereocenters. The molecule has 0 saturated carbocycles. The minimum absolute atomic E-state index is 0.128. The maximum Gasteiger partial charge on any atom is 0.264 e. The zero-order chi connectivity index (χ0) is 21.8. The minimum atomic E-state index is -0.329. The van der Waals surface area contributed by atoms with Crippen LogP contribution in [-0.4, -0.2) is 27.3 Å². The number of anilines is 2. The summed E-state index contributed by atoms with van der Waals surface area (Å²) in [5.74, 6) is 1.07. The Balaban J connectivity index is 1.38. The average molecular weight is 423 g/mol. The Hall–Kier alpha value is -4.39. The van der Waals surface area contributed by atoms with Crippen molar-refractivity contribution in [2.45, 2.75) is 6.04 Å². The fourth-order valence-electron chi connectivity index (χ4n) is 3.55. The molecule has 0 saturated heterocycles. The van der Waals surface area contributed by atoms with Gasteiger partial charge >= 0.3 is 0 Å². The van der Waals surface area contributed by atoms with Crippen LogP contribution in [0.4, 0.5) is 11.9 Å². The van der Waals surface area contributed by atoms with Crippen LogP contribution in [0.1, 0.15) is 17.2 Å². The number of fused-ring (bicyclic) bond motifs is 1. The van der Waals surface area contributed by atoms with E-state index in [0.717, 1.165) is 16.8 Å². The first-order chi connectivity index (χ1) is 15.8. The van der Waals surface area contributed by atoms with Crippen LogP contribution in [0.3, 0.4) is 0 Å². The van der Waals surface area contributed by atoms with E-state index in [4.69, 9.17) is 4.74 Å². The van der Waals surface area contributed by atoms with E-state index in [9.17, 15) is 4.79 Å². The first-order valence-electron chi connectivity index (χ1n) is 10.3. The highest BCUT2D eigenvalue weighted by Crippen LogP contribution is 2.33. The van der Waals surface area contributed by atoms with E-state index >= 15 is 0 Å². The number of amides is 1. The van der Waals surface area contributed by atoms with E-state index in [2.05, 4.69) is 26.8 Å². The van der Waals surface area contributed by atoms with Gasteiger partial charge in [0.1, 0.15) is 11.8 Å². The van der Waals surface area contributed by atoms with Crippen molar-refractivity contribution in [1.82, 2.24) is 14.8 Å². The lowest BCUT2D eigenvalue weighted by atomic mass is 10.0. The largest absolute Gasteiger partial charge is 0.484 e. The van der Waals surface area contributed by atoms with Gasteiger partial charge in [0.25, 0.3) is 11.9 Å². The van der Waals surface area contributed by atoms with Crippen LogP contribution in [0.15, 0.2) is 97.1 Å². The van der Waals surface area contributed by atoms with E-state index < -0.39 is 0 Å². The van der Waals surface area contributed by atoms with Crippen LogP contribution in [0, 0.1) is 0 Å². The zero-order valence-electron chi connectivity index (χ0n) is 17.2. The zero-order valence-corrected chi connectivity index (χ0v) is 17.2. The number of para-hydroxylation sites is 1. The summed E-state index contributed by atoms with van der Waals surface area (Å²) in [7, 11) is 0. The molecular weight excluding hydrogens is 402 g/mol. The van der Waals surface area contributed by atoms with Crippen LogP contribution < -0.4 is 15.4 Å². The molecule has 158 valence electrons. The number of carbonyl (C=O) groups is 1. The van der Waals surface area contributed by atoms with Crippen molar-refractivity contribution in [3.8, 4) is 5.75 Å². The summed E-state index contributed by atoms with van der Waals surface area (Å²) in [5, 5.41) is 10.6. The van der Waals surface area contributed by atoms with Crippen LogP contribution >= 0.6 is 0 Å². The van der Waals surface area contributed by atoms with Gasteiger partial charge in [0.2, 0.25) is 5.95 Å². The van der Waals surface area contributed by atoms with Crippen molar-refractivity contribution in [1.29, 1.82) is 0 Å². The molecule has 2 heterocycles. The molecule has 7 heteroatoms. The first-order valence-corrected chi connectivity index (χ1v) is 10.3. The summed E-state index contributed by atoms with van der Waals surface area (Å²) in [6.07, 6.45) is 2.11. The molecule has 32 heavy (non-hydrogen) atoms. The lowest BCUT2D eigenvalue weighted by Gasteiger charge is -2.24. The number of allylic oxidation sites excluding steroid dienone is 1. The molecule has 1 atom stereocenters. The quantitative estimate of drug-likeness (QED) is 0.482. The van der Waals surface area contributed by atoms with Gasteiger partial charge in [-0.25, -0.2) is 4.68 Å². The van der Waals surface area contributed by atoms with Gasteiger partial charge in [-0.2, -0.15) is 4.98 Å². The van der Waals surface area contributed by atoms with E-state index in [0.29, 0.717) is 11.7 Å². The van der Waals surface area contributed by atoms with E-state index in [-0.39, 0.29) is 24.5 Å². The Kier molecular flexibility index (Phi) is 5.36.